The first-order chi connectivity index (χ1) is 14.4. The van der Waals surface area contributed by atoms with Gasteiger partial charge in [0, 0.05) is 12.3 Å². The van der Waals surface area contributed by atoms with Gasteiger partial charge in [0.1, 0.15) is 5.82 Å². The average molecular weight is 433 g/mol. The van der Waals surface area contributed by atoms with Crippen molar-refractivity contribution in [3.63, 3.8) is 0 Å². The second-order valence-corrected chi connectivity index (χ2v) is 9.72. The van der Waals surface area contributed by atoms with Gasteiger partial charge in [-0.15, -0.1) is 0 Å². The molecule has 3 atom stereocenters. The van der Waals surface area contributed by atoms with Crippen LogP contribution in [-0.2, 0) is 4.79 Å². The number of carbonyl (C=O) groups is 1. The lowest BCUT2D eigenvalue weighted by Gasteiger charge is -2.47. The molecular formula is C26H37FO4. The number of aliphatic carboxylic acids is 1. The largest absolute Gasteiger partial charge is 0.481 e. The molecule has 0 saturated heterocycles. The third kappa shape index (κ3) is 6.27. The van der Waals surface area contributed by atoms with Gasteiger partial charge in [-0.25, -0.2) is 4.39 Å². The van der Waals surface area contributed by atoms with Gasteiger partial charge in [-0.2, -0.15) is 0 Å². The summed E-state index contributed by atoms with van der Waals surface area (Å²) >= 11 is 0. The van der Waals surface area contributed by atoms with Crippen molar-refractivity contribution in [3.05, 3.63) is 53.4 Å². The highest BCUT2D eigenvalue weighted by Crippen LogP contribution is 2.54. The van der Waals surface area contributed by atoms with Gasteiger partial charge in [0.25, 0.3) is 0 Å². The van der Waals surface area contributed by atoms with E-state index in [1.807, 2.05) is 18.2 Å². The Morgan fingerprint density at radius 2 is 1.90 bits per heavy atom. The van der Waals surface area contributed by atoms with Crippen molar-refractivity contribution in [1.82, 2.24) is 0 Å². The van der Waals surface area contributed by atoms with Crippen molar-refractivity contribution in [2.24, 2.45) is 16.7 Å². The molecular weight excluding hydrogens is 395 g/mol. The zero-order valence-electron chi connectivity index (χ0n) is 19.4. The molecule has 0 saturated carbocycles. The lowest BCUT2D eigenvalue weighted by Crippen LogP contribution is -2.36. The molecule has 1 aromatic carbocycles. The number of hydrogen-bond acceptors (Lipinski definition) is 3. The van der Waals surface area contributed by atoms with Gasteiger partial charge in [-0.3, -0.25) is 4.79 Å². The monoisotopic (exact) mass is 432 g/mol. The van der Waals surface area contributed by atoms with E-state index in [2.05, 4.69) is 33.8 Å². The number of allylic oxidation sites excluding steroid dienone is 3. The second-order valence-electron chi connectivity index (χ2n) is 9.72. The maximum Gasteiger partial charge on any atom is 0.305 e. The van der Waals surface area contributed by atoms with Gasteiger partial charge in [0.05, 0.1) is 18.6 Å². The van der Waals surface area contributed by atoms with E-state index in [1.165, 1.54) is 6.07 Å². The van der Waals surface area contributed by atoms with E-state index < -0.39 is 24.6 Å². The Hall–Kier alpha value is -1.98. The lowest BCUT2D eigenvalue weighted by molar-refractivity contribution is -0.139. The molecule has 1 aromatic rings. The Bertz CT molecular complexity index is 836. The lowest BCUT2D eigenvalue weighted by atomic mass is 9.57. The fourth-order valence-electron chi connectivity index (χ4n) is 4.95. The van der Waals surface area contributed by atoms with Crippen molar-refractivity contribution in [3.8, 4) is 0 Å². The summed E-state index contributed by atoms with van der Waals surface area (Å²) in [5, 5.41) is 29.0. The first kappa shape index (κ1) is 25.3. The first-order valence-corrected chi connectivity index (χ1v) is 11.2. The standard InChI is InChI=1S/C26H37FO4/c1-6-26(7-2)15-21(18-8-11-23(27)17(3)12-18)22(25(4,5)16-26)10-9-19(28)13-20(29)14-24(30)31/h8-12,15,19-20,22,28-29H,6-7,13-14,16H2,1-5H3,(H,30,31). The Morgan fingerprint density at radius 1 is 1.26 bits per heavy atom. The Morgan fingerprint density at radius 3 is 2.45 bits per heavy atom. The Kier molecular flexibility index (Phi) is 8.23. The number of aryl methyl sites for hydroxylation is 1. The van der Waals surface area contributed by atoms with Crippen molar-refractivity contribution < 1.29 is 24.5 Å². The van der Waals surface area contributed by atoms with Gasteiger partial charge in [-0.05, 0) is 65.8 Å². The molecule has 1 aliphatic carbocycles. The molecule has 0 aliphatic heterocycles. The number of benzene rings is 1. The fourth-order valence-corrected chi connectivity index (χ4v) is 4.95. The first-order valence-electron chi connectivity index (χ1n) is 11.2. The van der Waals surface area contributed by atoms with Crippen molar-refractivity contribution in [2.75, 3.05) is 0 Å². The van der Waals surface area contributed by atoms with Crippen LogP contribution >= 0.6 is 0 Å². The van der Waals surface area contributed by atoms with Crippen LogP contribution in [0.5, 0.6) is 0 Å². The molecule has 2 rings (SSSR count). The van der Waals surface area contributed by atoms with Crippen LogP contribution in [0, 0.1) is 29.5 Å². The van der Waals surface area contributed by atoms with Crippen LogP contribution in [0.3, 0.4) is 0 Å². The molecule has 4 nitrogen and oxygen atoms in total. The summed E-state index contributed by atoms with van der Waals surface area (Å²) in [6.45, 7) is 10.6. The van der Waals surface area contributed by atoms with Crippen LogP contribution < -0.4 is 0 Å². The highest BCUT2D eigenvalue weighted by molar-refractivity contribution is 5.72. The molecule has 3 N–H and O–H groups in total. The quantitative estimate of drug-likeness (QED) is 0.450. The maximum absolute atomic E-state index is 13.9. The molecule has 0 heterocycles. The minimum Gasteiger partial charge on any atom is -0.481 e. The van der Waals surface area contributed by atoms with Gasteiger partial charge >= 0.3 is 5.97 Å². The summed E-state index contributed by atoms with van der Waals surface area (Å²) in [5.41, 5.74) is 2.65. The number of aliphatic hydroxyl groups is 2. The number of carboxylic acids is 1. The second kappa shape index (κ2) is 10.1. The van der Waals surface area contributed by atoms with Crippen molar-refractivity contribution >= 4 is 11.5 Å². The summed E-state index contributed by atoms with van der Waals surface area (Å²) < 4.78 is 13.9. The Labute approximate surface area is 185 Å². The van der Waals surface area contributed by atoms with E-state index in [-0.39, 0.29) is 29.0 Å². The van der Waals surface area contributed by atoms with Crippen molar-refractivity contribution in [2.45, 2.75) is 78.9 Å². The van der Waals surface area contributed by atoms with Crippen LogP contribution in [0.2, 0.25) is 0 Å². The van der Waals surface area contributed by atoms with E-state index in [0.29, 0.717) is 5.56 Å². The molecule has 0 amide bonds. The summed E-state index contributed by atoms with van der Waals surface area (Å²) in [5.74, 6) is -1.33. The van der Waals surface area contributed by atoms with Crippen LogP contribution in [0.25, 0.3) is 5.57 Å². The maximum atomic E-state index is 13.9. The normalized spacial score (nSPS) is 22.2. The number of aliphatic hydroxyl groups excluding tert-OH is 2. The number of halogens is 1. The third-order valence-electron chi connectivity index (χ3n) is 6.80. The average Bonchev–Trinajstić information content (AvgIpc) is 2.67. The van der Waals surface area contributed by atoms with Crippen LogP contribution in [0.15, 0.2) is 36.4 Å². The molecule has 1 aliphatic rings. The minimum absolute atomic E-state index is 0.00477. The Balaban J connectivity index is 2.43. The fraction of sp³-hybridized carbons (Fsp3) is 0.577. The number of carboxylic acid groups (broad SMARTS) is 1. The number of hydrogen-bond donors (Lipinski definition) is 3. The molecule has 3 unspecified atom stereocenters. The zero-order chi connectivity index (χ0) is 23.4. The van der Waals surface area contributed by atoms with Crippen LogP contribution in [0.4, 0.5) is 4.39 Å². The van der Waals surface area contributed by atoms with Gasteiger partial charge in [-0.1, -0.05) is 52.0 Å². The van der Waals surface area contributed by atoms with Crippen LogP contribution in [0.1, 0.15) is 70.9 Å². The highest BCUT2D eigenvalue weighted by atomic mass is 19.1. The van der Waals surface area contributed by atoms with E-state index in [4.69, 9.17) is 5.11 Å². The molecule has 5 heteroatoms. The van der Waals surface area contributed by atoms with E-state index in [9.17, 15) is 19.4 Å². The summed E-state index contributed by atoms with van der Waals surface area (Å²) in [4.78, 5) is 10.8. The van der Waals surface area contributed by atoms with E-state index in [1.54, 1.807) is 13.0 Å². The van der Waals surface area contributed by atoms with E-state index >= 15 is 0 Å². The molecule has 0 spiro atoms. The third-order valence-corrected chi connectivity index (χ3v) is 6.80. The molecule has 31 heavy (non-hydrogen) atoms. The molecule has 0 aromatic heterocycles. The van der Waals surface area contributed by atoms with Gasteiger partial charge in [0.2, 0.25) is 0 Å². The van der Waals surface area contributed by atoms with Gasteiger partial charge in [0.15, 0.2) is 0 Å². The molecule has 0 bridgehead atoms. The molecule has 172 valence electrons. The van der Waals surface area contributed by atoms with Crippen LogP contribution in [-0.4, -0.2) is 33.5 Å². The van der Waals surface area contributed by atoms with E-state index in [0.717, 1.165) is 30.4 Å². The smallest absolute Gasteiger partial charge is 0.305 e. The molecule has 0 fully saturated rings. The van der Waals surface area contributed by atoms with Crippen molar-refractivity contribution in [1.29, 1.82) is 0 Å². The summed E-state index contributed by atoms with van der Waals surface area (Å²) in [6, 6.07) is 5.20. The minimum atomic E-state index is -1.10. The number of rotatable bonds is 9. The zero-order valence-corrected chi connectivity index (χ0v) is 19.4. The summed E-state index contributed by atoms with van der Waals surface area (Å²) in [6.07, 6.45) is 6.52. The highest BCUT2D eigenvalue weighted by Gasteiger charge is 2.43. The molecule has 0 radical (unpaired) electrons. The SMILES string of the molecule is CCC1(CC)C=C(c2ccc(F)c(C)c2)C(C=CC(O)CC(O)CC(=O)O)C(C)(C)C1. The predicted molar refractivity (Wildman–Crippen MR) is 122 cm³/mol. The summed E-state index contributed by atoms with van der Waals surface area (Å²) in [7, 11) is 0. The topological polar surface area (TPSA) is 77.8 Å². The predicted octanol–water partition coefficient (Wildman–Crippen LogP) is 5.51. The van der Waals surface area contributed by atoms with Gasteiger partial charge < -0.3 is 15.3 Å².